The molecule has 0 saturated carbocycles. The molecule has 0 aromatic carbocycles. The Hall–Kier alpha value is -3.47. The van der Waals surface area contributed by atoms with E-state index >= 15 is 0 Å². The van der Waals surface area contributed by atoms with Crippen molar-refractivity contribution >= 4 is 5.91 Å². The van der Waals surface area contributed by atoms with Crippen molar-refractivity contribution in [2.75, 3.05) is 6.61 Å². The Morgan fingerprint density at radius 3 is 1.14 bits per heavy atom. The van der Waals surface area contributed by atoms with Crippen molar-refractivity contribution in [2.45, 2.75) is 187 Å². The summed E-state index contributed by atoms with van der Waals surface area (Å²) in [5, 5.41) is 22.5. The van der Waals surface area contributed by atoms with E-state index in [2.05, 4.69) is 141 Å². The van der Waals surface area contributed by atoms with E-state index in [-0.39, 0.29) is 12.5 Å². The lowest BCUT2D eigenvalue weighted by Crippen LogP contribution is -2.45. The maximum Gasteiger partial charge on any atom is 0.220 e. The summed E-state index contributed by atoms with van der Waals surface area (Å²) in [6.45, 7) is 4.03. The van der Waals surface area contributed by atoms with E-state index in [9.17, 15) is 15.0 Å². The molecule has 2 unspecified atom stereocenters. The fourth-order valence-electron chi connectivity index (χ4n) is 5.90. The first-order valence-electron chi connectivity index (χ1n) is 22.9. The maximum absolute atomic E-state index is 12.2. The van der Waals surface area contributed by atoms with Crippen LogP contribution in [0.3, 0.4) is 0 Å². The van der Waals surface area contributed by atoms with Crippen LogP contribution in [0.25, 0.3) is 0 Å². The van der Waals surface area contributed by atoms with E-state index < -0.39 is 12.1 Å². The van der Waals surface area contributed by atoms with Crippen LogP contribution in [0.4, 0.5) is 0 Å². The molecule has 0 bridgehead atoms. The van der Waals surface area contributed by atoms with E-state index in [0.717, 1.165) is 96.3 Å². The molecule has 0 aromatic rings. The summed E-state index contributed by atoms with van der Waals surface area (Å²) in [4.78, 5) is 12.2. The number of rotatable bonds is 39. The van der Waals surface area contributed by atoms with Gasteiger partial charge < -0.3 is 15.5 Å². The molecule has 4 heteroatoms. The molecule has 0 aromatic heterocycles. The van der Waals surface area contributed by atoms with Gasteiger partial charge >= 0.3 is 0 Å². The van der Waals surface area contributed by atoms with Gasteiger partial charge in [-0.15, -0.1) is 0 Å². The number of amides is 1. The zero-order chi connectivity index (χ0) is 41.4. The molecule has 4 nitrogen and oxygen atoms in total. The summed E-state index contributed by atoms with van der Waals surface area (Å²) < 4.78 is 0. The Kier molecular flexibility index (Phi) is 44.1. The van der Waals surface area contributed by atoms with Gasteiger partial charge in [0.1, 0.15) is 0 Å². The average molecular weight is 784 g/mol. The van der Waals surface area contributed by atoms with Gasteiger partial charge in [-0.25, -0.2) is 0 Å². The fraction of sp³-hybridized carbons (Fsp3) is 0.566. The second-order valence-electron chi connectivity index (χ2n) is 14.7. The van der Waals surface area contributed by atoms with Crippen LogP contribution in [-0.2, 0) is 4.79 Å². The SMILES string of the molecule is CC/C=C\C/C=C\C/C=C\C/C=C\C/C=C\C/C=C\C/C=C\C/C=C\C/C=C\C/C=C\CCCCCCCCCCCCC(=O)NC(CO)C(O)/C=C/CCCC. The second kappa shape index (κ2) is 46.9. The van der Waals surface area contributed by atoms with Crippen LogP contribution >= 0.6 is 0 Å². The van der Waals surface area contributed by atoms with Gasteiger partial charge in [0.25, 0.3) is 0 Å². The number of aliphatic hydroxyl groups excluding tert-OH is 2. The standard InChI is InChI=1S/C53H85NO3/c1-3-5-7-9-10-11-12-13-14-15-16-17-18-19-20-21-22-23-24-25-26-27-28-29-30-31-32-33-34-35-36-37-38-39-40-41-42-43-44-45-47-49-53(57)54-51(50-55)52(56)48-46-8-6-4-2/h5,7,10-11,13-14,16-17,19-20,22-23,25-26,28-29,31-32,34-35,46,48,51-52,55-56H,3-4,6,8-9,12,15,18,21,24,27,30,33,36-45,47,49-50H2,1-2H3,(H,54,57)/b7-5-,11-10-,14-13-,17-16-,20-19-,23-22-,26-25-,29-28-,32-31-,35-34-,48-46+. The number of carbonyl (C=O) groups is 1. The first-order chi connectivity index (χ1) is 28.2. The number of nitrogens with one attached hydrogen (secondary N) is 1. The van der Waals surface area contributed by atoms with E-state index in [1.54, 1.807) is 6.08 Å². The smallest absolute Gasteiger partial charge is 0.220 e. The first kappa shape index (κ1) is 53.5. The molecule has 0 heterocycles. The molecule has 0 aliphatic carbocycles. The van der Waals surface area contributed by atoms with Crippen LogP contribution in [0.15, 0.2) is 134 Å². The predicted octanol–water partition coefficient (Wildman–Crippen LogP) is 14.7. The molecule has 320 valence electrons. The minimum atomic E-state index is -0.844. The van der Waals surface area contributed by atoms with Crippen molar-refractivity contribution < 1.29 is 15.0 Å². The average Bonchev–Trinajstić information content (AvgIpc) is 3.22. The van der Waals surface area contributed by atoms with Crippen LogP contribution in [0.5, 0.6) is 0 Å². The lowest BCUT2D eigenvalue weighted by Gasteiger charge is -2.19. The predicted molar refractivity (Wildman–Crippen MR) is 252 cm³/mol. The van der Waals surface area contributed by atoms with Crippen LogP contribution in [0.1, 0.15) is 174 Å². The Bertz CT molecular complexity index is 1210. The van der Waals surface area contributed by atoms with Gasteiger partial charge in [0, 0.05) is 6.42 Å². The number of hydrogen-bond donors (Lipinski definition) is 3. The van der Waals surface area contributed by atoms with Crippen molar-refractivity contribution in [3.05, 3.63) is 134 Å². The highest BCUT2D eigenvalue weighted by atomic mass is 16.3. The summed E-state index contributed by atoms with van der Waals surface area (Å²) in [6, 6.07) is -0.628. The number of aliphatic hydroxyl groups is 2. The van der Waals surface area contributed by atoms with E-state index in [4.69, 9.17) is 0 Å². The molecule has 3 N–H and O–H groups in total. The molecule has 0 spiro atoms. The molecule has 0 fully saturated rings. The third kappa shape index (κ3) is 43.5. The number of unbranched alkanes of at least 4 members (excludes halogenated alkanes) is 12. The minimum Gasteiger partial charge on any atom is -0.394 e. The molecule has 0 saturated heterocycles. The van der Waals surface area contributed by atoms with Crippen LogP contribution < -0.4 is 5.32 Å². The summed E-state index contributed by atoms with van der Waals surface area (Å²) in [7, 11) is 0. The van der Waals surface area contributed by atoms with E-state index in [1.807, 2.05) is 6.08 Å². The quantitative estimate of drug-likeness (QED) is 0.0429. The highest BCUT2D eigenvalue weighted by Crippen LogP contribution is 2.13. The van der Waals surface area contributed by atoms with Crippen molar-refractivity contribution in [1.82, 2.24) is 5.32 Å². The topological polar surface area (TPSA) is 69.6 Å². The molecule has 0 radical (unpaired) electrons. The molecular formula is C53H85NO3. The normalized spacial score (nSPS) is 14.2. The highest BCUT2D eigenvalue weighted by Gasteiger charge is 2.17. The molecule has 0 aliphatic heterocycles. The molecule has 57 heavy (non-hydrogen) atoms. The van der Waals surface area contributed by atoms with Crippen molar-refractivity contribution in [3.8, 4) is 0 Å². The van der Waals surface area contributed by atoms with Gasteiger partial charge in [0.05, 0.1) is 18.8 Å². The van der Waals surface area contributed by atoms with Gasteiger partial charge in [0.15, 0.2) is 0 Å². The third-order valence-corrected chi connectivity index (χ3v) is 9.39. The highest BCUT2D eigenvalue weighted by molar-refractivity contribution is 5.76. The third-order valence-electron chi connectivity index (χ3n) is 9.39. The summed E-state index contributed by atoms with van der Waals surface area (Å²) in [5.74, 6) is -0.0856. The molecule has 0 aliphatic rings. The first-order valence-corrected chi connectivity index (χ1v) is 22.9. The van der Waals surface area contributed by atoms with Gasteiger partial charge in [0.2, 0.25) is 5.91 Å². The second-order valence-corrected chi connectivity index (χ2v) is 14.7. The van der Waals surface area contributed by atoms with Crippen LogP contribution in [0.2, 0.25) is 0 Å². The Morgan fingerprint density at radius 1 is 0.439 bits per heavy atom. The Balaban J connectivity index is 3.58. The monoisotopic (exact) mass is 784 g/mol. The summed E-state index contributed by atoms with van der Waals surface area (Å²) in [5.41, 5.74) is 0. The number of carbonyl (C=O) groups excluding carboxylic acids is 1. The zero-order valence-electron chi connectivity index (χ0n) is 36.5. The molecule has 0 rings (SSSR count). The summed E-state index contributed by atoms with van der Waals surface area (Å²) in [6.07, 6.45) is 74.8. The van der Waals surface area contributed by atoms with Gasteiger partial charge in [-0.05, 0) is 89.9 Å². The Labute approximate surface area is 351 Å². The lowest BCUT2D eigenvalue weighted by atomic mass is 10.0. The van der Waals surface area contributed by atoms with Crippen molar-refractivity contribution in [1.29, 1.82) is 0 Å². The largest absolute Gasteiger partial charge is 0.394 e. The number of hydrogen-bond acceptors (Lipinski definition) is 3. The molecule has 1 amide bonds. The molecule has 2 atom stereocenters. The zero-order valence-corrected chi connectivity index (χ0v) is 36.5. The van der Waals surface area contributed by atoms with Gasteiger partial charge in [-0.3, -0.25) is 4.79 Å². The maximum atomic E-state index is 12.2. The lowest BCUT2D eigenvalue weighted by molar-refractivity contribution is -0.123. The van der Waals surface area contributed by atoms with Crippen molar-refractivity contribution in [2.24, 2.45) is 0 Å². The van der Waals surface area contributed by atoms with Gasteiger partial charge in [-0.2, -0.15) is 0 Å². The van der Waals surface area contributed by atoms with Crippen LogP contribution in [-0.4, -0.2) is 34.9 Å². The van der Waals surface area contributed by atoms with E-state index in [0.29, 0.717) is 6.42 Å². The van der Waals surface area contributed by atoms with Crippen LogP contribution in [0, 0.1) is 0 Å². The molecular weight excluding hydrogens is 699 g/mol. The van der Waals surface area contributed by atoms with Gasteiger partial charge in [-0.1, -0.05) is 212 Å². The fourth-order valence-corrected chi connectivity index (χ4v) is 5.90. The number of allylic oxidation sites excluding steroid dienone is 21. The minimum absolute atomic E-state index is 0.0856. The van der Waals surface area contributed by atoms with E-state index in [1.165, 1.54) is 57.8 Å². The Morgan fingerprint density at radius 2 is 0.772 bits per heavy atom. The summed E-state index contributed by atoms with van der Waals surface area (Å²) >= 11 is 0. The van der Waals surface area contributed by atoms with Crippen molar-refractivity contribution in [3.63, 3.8) is 0 Å².